The van der Waals surface area contributed by atoms with Gasteiger partial charge in [-0.15, -0.1) is 11.3 Å². The van der Waals surface area contributed by atoms with Crippen molar-refractivity contribution < 1.29 is 19.1 Å². The van der Waals surface area contributed by atoms with Gasteiger partial charge in [-0.1, -0.05) is 0 Å². The Balaban J connectivity index is 1.98. The summed E-state index contributed by atoms with van der Waals surface area (Å²) in [5, 5.41) is 0. The highest BCUT2D eigenvalue weighted by molar-refractivity contribution is 9.10. The molecule has 110 valence electrons. The van der Waals surface area contributed by atoms with Crippen LogP contribution in [0.4, 0.5) is 0 Å². The summed E-state index contributed by atoms with van der Waals surface area (Å²) < 4.78 is 10.8. The standard InChI is InChI=1S/C15H13BrO4S/c1-9-3-6-14(21-9)12(17)8-20-15(18)10-4-5-13(19-2)11(16)7-10/h3-7H,8H2,1-2H3. The van der Waals surface area contributed by atoms with Crippen LogP contribution >= 0.6 is 27.3 Å². The van der Waals surface area contributed by atoms with Gasteiger partial charge in [0.05, 0.1) is 22.0 Å². The van der Waals surface area contributed by atoms with Gasteiger partial charge in [0.15, 0.2) is 6.61 Å². The maximum Gasteiger partial charge on any atom is 0.338 e. The monoisotopic (exact) mass is 368 g/mol. The second kappa shape index (κ2) is 6.87. The number of ether oxygens (including phenoxy) is 2. The van der Waals surface area contributed by atoms with Crippen molar-refractivity contribution in [3.05, 3.63) is 50.1 Å². The maximum atomic E-state index is 11.9. The molecule has 0 saturated carbocycles. The average molecular weight is 369 g/mol. The van der Waals surface area contributed by atoms with Crippen LogP contribution in [-0.4, -0.2) is 25.5 Å². The van der Waals surface area contributed by atoms with E-state index >= 15 is 0 Å². The minimum absolute atomic E-state index is 0.200. The Labute approximate surface area is 134 Å². The summed E-state index contributed by atoms with van der Waals surface area (Å²) in [6, 6.07) is 8.44. The molecule has 0 aliphatic carbocycles. The van der Waals surface area contributed by atoms with E-state index in [1.807, 2.05) is 13.0 Å². The third-order valence-corrected chi connectivity index (χ3v) is 4.40. The number of esters is 1. The predicted octanol–water partition coefficient (Wildman–Crippen LogP) is 3.87. The SMILES string of the molecule is COc1ccc(C(=O)OCC(=O)c2ccc(C)s2)cc1Br. The van der Waals surface area contributed by atoms with Gasteiger partial charge in [-0.2, -0.15) is 0 Å². The lowest BCUT2D eigenvalue weighted by Gasteiger charge is -2.06. The van der Waals surface area contributed by atoms with E-state index in [9.17, 15) is 9.59 Å². The van der Waals surface area contributed by atoms with E-state index < -0.39 is 5.97 Å². The third kappa shape index (κ3) is 3.92. The number of ketones is 1. The first-order valence-corrected chi connectivity index (χ1v) is 7.72. The fraction of sp³-hybridized carbons (Fsp3) is 0.200. The molecule has 0 saturated heterocycles. The zero-order valence-corrected chi connectivity index (χ0v) is 13.9. The van der Waals surface area contributed by atoms with Crippen molar-refractivity contribution in [3.8, 4) is 5.75 Å². The lowest BCUT2D eigenvalue weighted by atomic mass is 10.2. The molecule has 0 spiro atoms. The number of thiophene rings is 1. The van der Waals surface area contributed by atoms with Gasteiger partial charge >= 0.3 is 5.97 Å². The molecule has 0 aliphatic heterocycles. The van der Waals surface area contributed by atoms with E-state index in [4.69, 9.17) is 9.47 Å². The molecule has 0 bridgehead atoms. The van der Waals surface area contributed by atoms with Gasteiger partial charge in [-0.25, -0.2) is 4.79 Å². The maximum absolute atomic E-state index is 11.9. The van der Waals surface area contributed by atoms with Gasteiger partial charge in [0.2, 0.25) is 5.78 Å². The first-order valence-electron chi connectivity index (χ1n) is 6.11. The highest BCUT2D eigenvalue weighted by Gasteiger charge is 2.14. The summed E-state index contributed by atoms with van der Waals surface area (Å²) in [6.07, 6.45) is 0. The molecule has 0 aliphatic rings. The Morgan fingerprint density at radius 1 is 1.24 bits per heavy atom. The average Bonchev–Trinajstić information content (AvgIpc) is 2.91. The van der Waals surface area contributed by atoms with Crippen LogP contribution in [0.2, 0.25) is 0 Å². The number of benzene rings is 1. The molecule has 0 amide bonds. The summed E-state index contributed by atoms with van der Waals surface area (Å²) in [5.41, 5.74) is 0.359. The fourth-order valence-corrected chi connectivity index (χ4v) is 3.00. The van der Waals surface area contributed by atoms with Crippen molar-refractivity contribution in [3.63, 3.8) is 0 Å². The molecule has 0 atom stereocenters. The second-order valence-corrected chi connectivity index (χ2v) is 6.40. The van der Waals surface area contributed by atoms with E-state index in [1.54, 1.807) is 31.4 Å². The van der Waals surface area contributed by atoms with Gasteiger partial charge in [-0.3, -0.25) is 4.79 Å². The molecule has 0 fully saturated rings. The van der Waals surface area contributed by atoms with Crippen molar-refractivity contribution in [1.29, 1.82) is 0 Å². The van der Waals surface area contributed by atoms with Crippen molar-refractivity contribution in [1.82, 2.24) is 0 Å². The number of Topliss-reactive ketones (excluding diaryl/α,β-unsaturated/α-hetero) is 1. The van der Waals surface area contributed by atoms with Crippen molar-refractivity contribution >= 4 is 39.0 Å². The highest BCUT2D eigenvalue weighted by Crippen LogP contribution is 2.25. The lowest BCUT2D eigenvalue weighted by molar-refractivity contribution is 0.0475. The van der Waals surface area contributed by atoms with Gasteiger partial charge < -0.3 is 9.47 Å². The Morgan fingerprint density at radius 2 is 2.00 bits per heavy atom. The normalized spacial score (nSPS) is 10.2. The van der Waals surface area contributed by atoms with Crippen molar-refractivity contribution in [2.24, 2.45) is 0 Å². The molecule has 1 aromatic heterocycles. The first kappa shape index (κ1) is 15.7. The van der Waals surface area contributed by atoms with E-state index in [0.717, 1.165) is 4.88 Å². The molecular weight excluding hydrogens is 356 g/mol. The Bertz CT molecular complexity index is 678. The molecule has 6 heteroatoms. The van der Waals surface area contributed by atoms with E-state index in [0.29, 0.717) is 20.7 Å². The van der Waals surface area contributed by atoms with Gasteiger partial charge in [0.1, 0.15) is 5.75 Å². The summed E-state index contributed by atoms with van der Waals surface area (Å²) in [7, 11) is 1.54. The number of methoxy groups -OCH3 is 1. The number of carbonyl (C=O) groups excluding carboxylic acids is 2. The zero-order valence-electron chi connectivity index (χ0n) is 11.5. The van der Waals surface area contributed by atoms with Gasteiger partial charge in [0.25, 0.3) is 0 Å². The summed E-state index contributed by atoms with van der Waals surface area (Å²) in [5.74, 6) is -0.120. The molecule has 2 rings (SSSR count). The van der Waals surface area contributed by atoms with Crippen LogP contribution in [0.3, 0.4) is 0 Å². The van der Waals surface area contributed by atoms with Crippen LogP contribution in [0, 0.1) is 6.92 Å². The largest absolute Gasteiger partial charge is 0.496 e. The molecule has 1 heterocycles. The number of halogens is 1. The van der Waals surface area contributed by atoms with Crippen LogP contribution in [0.25, 0.3) is 0 Å². The molecule has 0 radical (unpaired) electrons. The third-order valence-electron chi connectivity index (χ3n) is 2.74. The van der Waals surface area contributed by atoms with Gasteiger partial charge in [0, 0.05) is 4.88 Å². The van der Waals surface area contributed by atoms with Crippen LogP contribution in [0.15, 0.2) is 34.8 Å². The number of hydrogen-bond acceptors (Lipinski definition) is 5. The van der Waals surface area contributed by atoms with Crippen LogP contribution < -0.4 is 4.74 Å². The van der Waals surface area contributed by atoms with E-state index in [1.165, 1.54) is 11.3 Å². The zero-order chi connectivity index (χ0) is 15.4. The Kier molecular flexibility index (Phi) is 5.14. The number of rotatable bonds is 5. The van der Waals surface area contributed by atoms with Crippen LogP contribution in [0.5, 0.6) is 5.75 Å². The molecule has 0 unspecified atom stereocenters. The van der Waals surface area contributed by atoms with Gasteiger partial charge in [-0.05, 0) is 53.2 Å². The van der Waals surface area contributed by atoms with Crippen LogP contribution in [0.1, 0.15) is 24.9 Å². The van der Waals surface area contributed by atoms with Crippen molar-refractivity contribution in [2.45, 2.75) is 6.92 Å². The first-order chi connectivity index (χ1) is 10.0. The minimum Gasteiger partial charge on any atom is -0.496 e. The lowest BCUT2D eigenvalue weighted by Crippen LogP contribution is -2.13. The predicted molar refractivity (Wildman–Crippen MR) is 84.4 cm³/mol. The molecular formula is C15H13BrO4S. The summed E-state index contributed by atoms with van der Waals surface area (Å²) in [6.45, 7) is 1.66. The van der Waals surface area contributed by atoms with E-state index in [2.05, 4.69) is 15.9 Å². The molecule has 4 nitrogen and oxygen atoms in total. The highest BCUT2D eigenvalue weighted by atomic mass is 79.9. The number of aryl methyl sites for hydroxylation is 1. The molecule has 0 N–H and O–H groups in total. The Hall–Kier alpha value is -1.66. The fourth-order valence-electron chi connectivity index (χ4n) is 1.66. The van der Waals surface area contributed by atoms with E-state index in [-0.39, 0.29) is 12.4 Å². The topological polar surface area (TPSA) is 52.6 Å². The quantitative estimate of drug-likeness (QED) is 0.593. The number of carbonyl (C=O) groups is 2. The molecule has 1 aromatic carbocycles. The van der Waals surface area contributed by atoms with Crippen molar-refractivity contribution in [2.75, 3.05) is 13.7 Å². The molecule has 21 heavy (non-hydrogen) atoms. The second-order valence-electron chi connectivity index (χ2n) is 4.26. The number of hydrogen-bond donors (Lipinski definition) is 0. The summed E-state index contributed by atoms with van der Waals surface area (Å²) >= 11 is 4.68. The minimum atomic E-state index is -0.542. The Morgan fingerprint density at radius 3 is 2.57 bits per heavy atom. The summed E-state index contributed by atoms with van der Waals surface area (Å²) in [4.78, 5) is 25.4. The smallest absolute Gasteiger partial charge is 0.338 e. The van der Waals surface area contributed by atoms with Crippen LogP contribution in [-0.2, 0) is 4.74 Å². The molecule has 2 aromatic rings.